The summed E-state index contributed by atoms with van der Waals surface area (Å²) in [5, 5.41) is 0.448. The van der Waals surface area contributed by atoms with Crippen molar-refractivity contribution in [2.24, 2.45) is 0 Å². The van der Waals surface area contributed by atoms with Crippen LogP contribution < -0.4 is 0 Å². The molecule has 3 nitrogen and oxygen atoms in total. The number of carbonyl (C=O) groups excluding carboxylic acids is 1. The van der Waals surface area contributed by atoms with E-state index in [4.69, 9.17) is 16.3 Å². The minimum absolute atomic E-state index is 0.0214. The average molecular weight is 314 g/mol. The summed E-state index contributed by atoms with van der Waals surface area (Å²) in [5.74, 6) is -0.360. The summed E-state index contributed by atoms with van der Waals surface area (Å²) < 4.78 is 19.2. The van der Waals surface area contributed by atoms with Gasteiger partial charge in [0.2, 0.25) is 0 Å². The predicted octanol–water partition coefficient (Wildman–Crippen LogP) is 3.09. The molecule has 0 saturated carbocycles. The van der Waals surface area contributed by atoms with Gasteiger partial charge in [0, 0.05) is 24.5 Å². The van der Waals surface area contributed by atoms with E-state index < -0.39 is 5.54 Å². The number of rotatable bonds is 5. The summed E-state index contributed by atoms with van der Waals surface area (Å²) in [6.07, 6.45) is 0.752. The van der Waals surface area contributed by atoms with Gasteiger partial charge in [0.15, 0.2) is 5.78 Å². The molecular weight excluding hydrogens is 293 g/mol. The van der Waals surface area contributed by atoms with Crippen molar-refractivity contribution in [2.45, 2.75) is 32.2 Å². The zero-order chi connectivity index (χ0) is 15.5. The van der Waals surface area contributed by atoms with E-state index in [1.54, 1.807) is 0 Å². The maximum atomic E-state index is 13.8. The fraction of sp³-hybridized carbons (Fsp3) is 0.562. The maximum absolute atomic E-state index is 13.8. The first-order chi connectivity index (χ1) is 9.97. The zero-order valence-corrected chi connectivity index (χ0v) is 13.3. The maximum Gasteiger partial charge on any atom is 0.157 e. The minimum atomic E-state index is -0.585. The van der Waals surface area contributed by atoms with E-state index in [1.165, 1.54) is 18.2 Å². The van der Waals surface area contributed by atoms with Crippen LogP contribution in [0.15, 0.2) is 18.2 Å². The van der Waals surface area contributed by atoms with Crippen molar-refractivity contribution in [3.05, 3.63) is 34.6 Å². The Morgan fingerprint density at radius 2 is 2.10 bits per heavy atom. The second-order valence-corrected chi connectivity index (χ2v) is 6.00. The standard InChI is InChI=1S/C16H21ClFNO2/c1-3-16(2,19-6-8-21-9-7-19)15(20)11-12-10-13(17)4-5-14(12)18/h4-5,10H,3,6-9,11H2,1-2H3. The molecular formula is C16H21ClFNO2. The Kier molecular flexibility index (Phi) is 5.36. The predicted molar refractivity (Wildman–Crippen MR) is 81.2 cm³/mol. The molecule has 1 heterocycles. The molecule has 1 unspecified atom stereocenters. The summed E-state index contributed by atoms with van der Waals surface area (Å²) in [6, 6.07) is 4.33. The zero-order valence-electron chi connectivity index (χ0n) is 12.5. The van der Waals surface area contributed by atoms with Gasteiger partial charge >= 0.3 is 0 Å². The lowest BCUT2D eigenvalue weighted by Crippen LogP contribution is -2.56. The number of ketones is 1. The van der Waals surface area contributed by atoms with Crippen LogP contribution >= 0.6 is 11.6 Å². The smallest absolute Gasteiger partial charge is 0.157 e. The molecule has 0 aromatic heterocycles. The molecule has 2 rings (SSSR count). The molecule has 0 bridgehead atoms. The number of Topliss-reactive ketones (excluding diaryl/α,β-unsaturated/α-hetero) is 1. The van der Waals surface area contributed by atoms with E-state index in [2.05, 4.69) is 4.90 Å². The van der Waals surface area contributed by atoms with Crippen LogP contribution in [-0.4, -0.2) is 42.5 Å². The van der Waals surface area contributed by atoms with Crippen molar-refractivity contribution in [1.29, 1.82) is 0 Å². The van der Waals surface area contributed by atoms with Crippen LogP contribution in [0.1, 0.15) is 25.8 Å². The van der Waals surface area contributed by atoms with Gasteiger partial charge in [0.05, 0.1) is 18.8 Å². The second-order valence-electron chi connectivity index (χ2n) is 5.56. The van der Waals surface area contributed by atoms with Gasteiger partial charge in [-0.2, -0.15) is 0 Å². The van der Waals surface area contributed by atoms with Crippen molar-refractivity contribution in [1.82, 2.24) is 4.90 Å². The van der Waals surface area contributed by atoms with Crippen molar-refractivity contribution < 1.29 is 13.9 Å². The number of nitrogens with zero attached hydrogens (tertiary/aromatic N) is 1. The molecule has 1 aromatic rings. The quantitative estimate of drug-likeness (QED) is 0.836. The third-order valence-electron chi connectivity index (χ3n) is 4.36. The summed E-state index contributed by atoms with van der Waals surface area (Å²) in [7, 11) is 0. The van der Waals surface area contributed by atoms with Gasteiger partial charge in [0.1, 0.15) is 5.82 Å². The first-order valence-electron chi connectivity index (χ1n) is 7.27. The Morgan fingerprint density at radius 3 is 2.71 bits per heavy atom. The lowest BCUT2D eigenvalue weighted by atomic mass is 9.87. The van der Waals surface area contributed by atoms with Crippen LogP contribution in [0.25, 0.3) is 0 Å². The Bertz CT molecular complexity index is 517. The van der Waals surface area contributed by atoms with Gasteiger partial charge in [-0.3, -0.25) is 9.69 Å². The Labute approximate surface area is 130 Å². The molecule has 21 heavy (non-hydrogen) atoms. The minimum Gasteiger partial charge on any atom is -0.379 e. The van der Waals surface area contributed by atoms with E-state index in [0.29, 0.717) is 30.2 Å². The van der Waals surface area contributed by atoms with Crippen LogP contribution in [-0.2, 0) is 16.0 Å². The van der Waals surface area contributed by atoms with E-state index >= 15 is 0 Å². The van der Waals surface area contributed by atoms with Gasteiger partial charge in [-0.25, -0.2) is 4.39 Å². The molecule has 116 valence electrons. The molecule has 0 N–H and O–H groups in total. The van der Waals surface area contributed by atoms with Gasteiger partial charge < -0.3 is 4.74 Å². The van der Waals surface area contributed by atoms with Gasteiger partial charge in [-0.05, 0) is 37.1 Å². The molecule has 1 fully saturated rings. The van der Waals surface area contributed by atoms with Crippen LogP contribution in [0.2, 0.25) is 5.02 Å². The first-order valence-corrected chi connectivity index (χ1v) is 7.65. The molecule has 0 aliphatic carbocycles. The number of carbonyl (C=O) groups is 1. The lowest BCUT2D eigenvalue weighted by Gasteiger charge is -2.41. The van der Waals surface area contributed by atoms with E-state index in [9.17, 15) is 9.18 Å². The molecule has 1 saturated heterocycles. The number of hydrogen-bond acceptors (Lipinski definition) is 3. The SMILES string of the molecule is CCC(C)(C(=O)Cc1cc(Cl)ccc1F)N1CCOCC1. The average Bonchev–Trinajstić information content (AvgIpc) is 2.51. The highest BCUT2D eigenvalue weighted by Crippen LogP contribution is 2.25. The third-order valence-corrected chi connectivity index (χ3v) is 4.59. The molecule has 1 aromatic carbocycles. The highest BCUT2D eigenvalue weighted by Gasteiger charge is 2.38. The van der Waals surface area contributed by atoms with E-state index in [-0.39, 0.29) is 18.0 Å². The van der Waals surface area contributed by atoms with Gasteiger partial charge in [-0.1, -0.05) is 18.5 Å². The largest absolute Gasteiger partial charge is 0.379 e. The molecule has 1 aliphatic rings. The molecule has 0 radical (unpaired) electrons. The molecule has 5 heteroatoms. The first kappa shape index (κ1) is 16.4. The number of morpholine rings is 1. The summed E-state index contributed by atoms with van der Waals surface area (Å²) in [4.78, 5) is 14.9. The highest BCUT2D eigenvalue weighted by atomic mass is 35.5. The number of hydrogen-bond donors (Lipinski definition) is 0. The number of benzene rings is 1. The van der Waals surface area contributed by atoms with Crippen LogP contribution in [0, 0.1) is 5.82 Å². The Balaban J connectivity index is 2.17. The van der Waals surface area contributed by atoms with Crippen molar-refractivity contribution >= 4 is 17.4 Å². The van der Waals surface area contributed by atoms with Crippen molar-refractivity contribution in [3.63, 3.8) is 0 Å². The Hall–Kier alpha value is -0.970. The summed E-state index contributed by atoms with van der Waals surface area (Å²) >= 11 is 5.89. The second kappa shape index (κ2) is 6.86. The normalized spacial score (nSPS) is 19.2. The van der Waals surface area contributed by atoms with E-state index in [0.717, 1.165) is 13.1 Å². The Morgan fingerprint density at radius 1 is 1.43 bits per heavy atom. The monoisotopic (exact) mass is 313 g/mol. The fourth-order valence-corrected chi connectivity index (χ4v) is 2.89. The third kappa shape index (κ3) is 3.62. The van der Waals surface area contributed by atoms with Gasteiger partial charge in [-0.15, -0.1) is 0 Å². The van der Waals surface area contributed by atoms with Crippen molar-refractivity contribution in [3.8, 4) is 0 Å². The van der Waals surface area contributed by atoms with Crippen molar-refractivity contribution in [2.75, 3.05) is 26.3 Å². The summed E-state index contributed by atoms with van der Waals surface area (Å²) in [6.45, 7) is 6.65. The van der Waals surface area contributed by atoms with Crippen LogP contribution in [0.4, 0.5) is 4.39 Å². The molecule has 0 amide bonds. The number of ether oxygens (including phenoxy) is 1. The van der Waals surface area contributed by atoms with Gasteiger partial charge in [0.25, 0.3) is 0 Å². The topological polar surface area (TPSA) is 29.5 Å². The molecule has 1 aliphatic heterocycles. The van der Waals surface area contributed by atoms with Crippen LogP contribution in [0.5, 0.6) is 0 Å². The van der Waals surface area contributed by atoms with Crippen LogP contribution in [0.3, 0.4) is 0 Å². The van der Waals surface area contributed by atoms with E-state index in [1.807, 2.05) is 13.8 Å². The highest BCUT2D eigenvalue weighted by molar-refractivity contribution is 6.30. The number of halogens is 2. The lowest BCUT2D eigenvalue weighted by molar-refractivity contribution is -0.133. The fourth-order valence-electron chi connectivity index (χ4n) is 2.70. The summed E-state index contributed by atoms with van der Waals surface area (Å²) in [5.41, 5.74) is -0.223. The molecule has 1 atom stereocenters. The molecule has 0 spiro atoms.